The van der Waals surface area contributed by atoms with Crippen LogP contribution in [0.15, 0.2) is 18.2 Å². The highest BCUT2D eigenvalue weighted by Crippen LogP contribution is 2.59. The number of fused-ring (bicyclic) bond motifs is 5. The van der Waals surface area contributed by atoms with Crippen molar-refractivity contribution in [1.29, 1.82) is 0 Å². The van der Waals surface area contributed by atoms with Gasteiger partial charge in [-0.15, -0.1) is 0 Å². The molecule has 1 N–H and O–H groups in total. The molecule has 0 aliphatic heterocycles. The van der Waals surface area contributed by atoms with Crippen LogP contribution in [0.25, 0.3) is 0 Å². The highest BCUT2D eigenvalue weighted by atomic mass is 19.1. The van der Waals surface area contributed by atoms with Crippen molar-refractivity contribution in [1.82, 2.24) is 0 Å². The van der Waals surface area contributed by atoms with Crippen LogP contribution < -0.4 is 5.32 Å². The predicted octanol–water partition coefficient (Wildman–Crippen LogP) is 4.37. The Hall–Kier alpha value is -1.05. The number of aryl methyl sites for hydroxylation is 1. The van der Waals surface area contributed by atoms with E-state index in [0.29, 0.717) is 11.7 Å². The first-order valence-corrected chi connectivity index (χ1v) is 7.75. The van der Waals surface area contributed by atoms with Gasteiger partial charge in [-0.1, -0.05) is 12.5 Å². The third-order valence-electron chi connectivity index (χ3n) is 5.89. The van der Waals surface area contributed by atoms with Crippen molar-refractivity contribution in [2.24, 2.45) is 23.7 Å². The summed E-state index contributed by atoms with van der Waals surface area (Å²) in [7, 11) is 0. The minimum atomic E-state index is -0.0919. The third kappa shape index (κ3) is 1.79. The SMILES string of the molecule is Cc1ccc(NC2CC3CC2C2CCCC32)c(F)c1. The van der Waals surface area contributed by atoms with Crippen LogP contribution in [-0.4, -0.2) is 6.04 Å². The van der Waals surface area contributed by atoms with E-state index in [0.717, 1.165) is 29.2 Å². The van der Waals surface area contributed by atoms with Crippen LogP contribution in [0, 0.1) is 36.4 Å². The summed E-state index contributed by atoms with van der Waals surface area (Å²) in [6.07, 6.45) is 6.95. The number of halogens is 1. The molecule has 102 valence electrons. The summed E-state index contributed by atoms with van der Waals surface area (Å²) in [5.41, 5.74) is 1.70. The first-order chi connectivity index (χ1) is 9.22. The lowest BCUT2D eigenvalue weighted by atomic mass is 9.79. The van der Waals surface area contributed by atoms with Crippen LogP contribution in [0.3, 0.4) is 0 Å². The van der Waals surface area contributed by atoms with Crippen molar-refractivity contribution in [3.8, 4) is 0 Å². The van der Waals surface area contributed by atoms with Gasteiger partial charge in [0.25, 0.3) is 0 Å². The molecule has 0 spiro atoms. The molecule has 0 saturated heterocycles. The lowest BCUT2D eigenvalue weighted by molar-refractivity contribution is 0.243. The Morgan fingerprint density at radius 3 is 2.79 bits per heavy atom. The van der Waals surface area contributed by atoms with Gasteiger partial charge in [-0.3, -0.25) is 0 Å². The lowest BCUT2D eigenvalue weighted by Crippen LogP contribution is -2.34. The monoisotopic (exact) mass is 259 g/mol. The summed E-state index contributed by atoms with van der Waals surface area (Å²) >= 11 is 0. The molecule has 0 aromatic heterocycles. The van der Waals surface area contributed by atoms with Gasteiger partial charge in [0.1, 0.15) is 5.82 Å². The fourth-order valence-electron chi connectivity index (χ4n) is 5.17. The minimum absolute atomic E-state index is 0.0919. The molecule has 5 atom stereocenters. The second-order valence-corrected chi connectivity index (χ2v) is 6.89. The standard InChI is InChI=1S/C17H22FN/c1-10-5-6-16(15(18)7-10)19-17-9-11-8-14(17)13-4-2-3-12(11)13/h5-7,11-14,17,19H,2-4,8-9H2,1H3. The zero-order chi connectivity index (χ0) is 13.0. The van der Waals surface area contributed by atoms with Crippen molar-refractivity contribution < 1.29 is 4.39 Å². The molecule has 2 heteroatoms. The highest BCUT2D eigenvalue weighted by molar-refractivity contribution is 5.47. The van der Waals surface area contributed by atoms with Gasteiger partial charge in [-0.2, -0.15) is 0 Å². The molecule has 19 heavy (non-hydrogen) atoms. The normalized spacial score (nSPS) is 39.6. The molecule has 3 fully saturated rings. The largest absolute Gasteiger partial charge is 0.380 e. The van der Waals surface area contributed by atoms with Gasteiger partial charge >= 0.3 is 0 Å². The second kappa shape index (κ2) is 4.22. The molecule has 0 heterocycles. The predicted molar refractivity (Wildman–Crippen MR) is 75.6 cm³/mol. The Labute approximate surface area is 114 Å². The van der Waals surface area contributed by atoms with Gasteiger partial charge in [-0.05, 0) is 74.0 Å². The number of hydrogen-bond acceptors (Lipinski definition) is 1. The quantitative estimate of drug-likeness (QED) is 0.831. The average molecular weight is 259 g/mol. The van der Waals surface area contributed by atoms with E-state index in [9.17, 15) is 4.39 Å². The molecular formula is C17H22FN. The Bertz CT molecular complexity index is 498. The van der Waals surface area contributed by atoms with Gasteiger partial charge in [0.05, 0.1) is 5.69 Å². The maximum Gasteiger partial charge on any atom is 0.146 e. The summed E-state index contributed by atoms with van der Waals surface area (Å²) < 4.78 is 14.0. The molecular weight excluding hydrogens is 237 g/mol. The smallest absolute Gasteiger partial charge is 0.146 e. The van der Waals surface area contributed by atoms with Crippen LogP contribution >= 0.6 is 0 Å². The van der Waals surface area contributed by atoms with E-state index in [4.69, 9.17) is 0 Å². The first kappa shape index (κ1) is 11.7. The van der Waals surface area contributed by atoms with Gasteiger partial charge in [0.2, 0.25) is 0 Å². The molecule has 1 aromatic carbocycles. The topological polar surface area (TPSA) is 12.0 Å². The highest BCUT2D eigenvalue weighted by Gasteiger charge is 2.53. The van der Waals surface area contributed by atoms with Gasteiger partial charge in [0.15, 0.2) is 0 Å². The lowest BCUT2D eigenvalue weighted by Gasteiger charge is -2.32. The summed E-state index contributed by atoms with van der Waals surface area (Å²) in [6, 6.07) is 6.05. The molecule has 4 rings (SSSR count). The molecule has 2 bridgehead atoms. The van der Waals surface area contributed by atoms with Crippen LogP contribution in [0.4, 0.5) is 10.1 Å². The Kier molecular flexibility index (Phi) is 2.61. The van der Waals surface area contributed by atoms with Crippen LogP contribution in [0.5, 0.6) is 0 Å². The van der Waals surface area contributed by atoms with Gasteiger partial charge in [0, 0.05) is 6.04 Å². The maximum atomic E-state index is 14.0. The molecule has 3 aliphatic rings. The van der Waals surface area contributed by atoms with Crippen LogP contribution in [0.2, 0.25) is 0 Å². The average Bonchev–Trinajstić information content (AvgIpc) is 3.04. The zero-order valence-corrected chi connectivity index (χ0v) is 11.5. The van der Waals surface area contributed by atoms with Crippen molar-refractivity contribution in [2.75, 3.05) is 5.32 Å². The molecule has 1 nitrogen and oxygen atoms in total. The fraction of sp³-hybridized carbons (Fsp3) is 0.647. The van der Waals surface area contributed by atoms with Crippen molar-refractivity contribution in [3.63, 3.8) is 0 Å². The van der Waals surface area contributed by atoms with E-state index in [1.807, 2.05) is 19.1 Å². The molecule has 0 radical (unpaired) electrons. The van der Waals surface area contributed by atoms with E-state index >= 15 is 0 Å². The van der Waals surface area contributed by atoms with E-state index in [1.165, 1.54) is 32.1 Å². The third-order valence-corrected chi connectivity index (χ3v) is 5.89. The summed E-state index contributed by atoms with van der Waals surface area (Å²) in [5, 5.41) is 3.51. The van der Waals surface area contributed by atoms with Crippen molar-refractivity contribution >= 4 is 5.69 Å². The zero-order valence-electron chi connectivity index (χ0n) is 11.5. The molecule has 3 saturated carbocycles. The number of benzene rings is 1. The van der Waals surface area contributed by atoms with Crippen molar-refractivity contribution in [3.05, 3.63) is 29.6 Å². The maximum absolute atomic E-state index is 14.0. The molecule has 1 aromatic rings. The summed E-state index contributed by atoms with van der Waals surface area (Å²) in [4.78, 5) is 0. The van der Waals surface area contributed by atoms with E-state index in [1.54, 1.807) is 6.07 Å². The van der Waals surface area contributed by atoms with Crippen LogP contribution in [-0.2, 0) is 0 Å². The van der Waals surface area contributed by atoms with E-state index < -0.39 is 0 Å². The minimum Gasteiger partial charge on any atom is -0.380 e. The number of hydrogen-bond donors (Lipinski definition) is 1. The van der Waals surface area contributed by atoms with E-state index in [2.05, 4.69) is 5.32 Å². The van der Waals surface area contributed by atoms with Gasteiger partial charge in [-0.25, -0.2) is 4.39 Å². The molecule has 0 amide bonds. The Morgan fingerprint density at radius 2 is 1.95 bits per heavy atom. The molecule has 3 aliphatic carbocycles. The second-order valence-electron chi connectivity index (χ2n) is 6.89. The van der Waals surface area contributed by atoms with E-state index in [-0.39, 0.29) is 5.82 Å². The Balaban J connectivity index is 1.52. The first-order valence-electron chi connectivity index (χ1n) is 7.75. The Morgan fingerprint density at radius 1 is 1.11 bits per heavy atom. The number of rotatable bonds is 2. The number of anilines is 1. The van der Waals surface area contributed by atoms with Gasteiger partial charge < -0.3 is 5.32 Å². The molecule has 5 unspecified atom stereocenters. The summed E-state index contributed by atoms with van der Waals surface area (Å²) in [6.45, 7) is 1.94. The van der Waals surface area contributed by atoms with Crippen molar-refractivity contribution in [2.45, 2.75) is 45.1 Å². The summed E-state index contributed by atoms with van der Waals surface area (Å²) in [5.74, 6) is 3.57. The number of nitrogens with one attached hydrogen (secondary N) is 1. The fourth-order valence-corrected chi connectivity index (χ4v) is 5.17. The van der Waals surface area contributed by atoms with Crippen LogP contribution in [0.1, 0.15) is 37.7 Å².